The maximum absolute atomic E-state index is 5.99. The van der Waals surface area contributed by atoms with Crippen LogP contribution >= 0.6 is 11.6 Å². The zero-order chi connectivity index (χ0) is 11.4. The van der Waals surface area contributed by atoms with Gasteiger partial charge >= 0.3 is 0 Å². The SMILES string of the molecule is CCOC(C)c1ncc(C(C)Cl)c(C)n1. The molecule has 1 rings (SSSR count). The van der Waals surface area contributed by atoms with E-state index in [1.165, 1.54) is 0 Å². The summed E-state index contributed by atoms with van der Waals surface area (Å²) in [4.78, 5) is 8.65. The number of halogens is 1. The molecule has 0 spiro atoms. The number of aryl methyl sites for hydroxylation is 1. The molecule has 84 valence electrons. The van der Waals surface area contributed by atoms with Gasteiger partial charge in [0.2, 0.25) is 0 Å². The first kappa shape index (κ1) is 12.4. The van der Waals surface area contributed by atoms with Crippen molar-refractivity contribution >= 4 is 11.6 Å². The van der Waals surface area contributed by atoms with Crippen LogP contribution in [-0.4, -0.2) is 16.6 Å². The van der Waals surface area contributed by atoms with Crippen LogP contribution < -0.4 is 0 Å². The predicted octanol–water partition coefficient (Wildman–Crippen LogP) is 3.18. The number of alkyl halides is 1. The molecule has 0 aromatic carbocycles. The van der Waals surface area contributed by atoms with Gasteiger partial charge in [-0.05, 0) is 27.7 Å². The van der Waals surface area contributed by atoms with Gasteiger partial charge in [-0.25, -0.2) is 9.97 Å². The molecule has 0 fully saturated rings. The molecular weight excluding hydrogens is 212 g/mol. The van der Waals surface area contributed by atoms with Crippen molar-refractivity contribution in [1.29, 1.82) is 0 Å². The quantitative estimate of drug-likeness (QED) is 0.743. The van der Waals surface area contributed by atoms with E-state index in [9.17, 15) is 0 Å². The minimum absolute atomic E-state index is 0.0542. The predicted molar refractivity (Wildman–Crippen MR) is 61.1 cm³/mol. The van der Waals surface area contributed by atoms with Gasteiger partial charge < -0.3 is 4.74 Å². The van der Waals surface area contributed by atoms with E-state index in [4.69, 9.17) is 16.3 Å². The molecule has 1 aromatic rings. The van der Waals surface area contributed by atoms with Crippen molar-refractivity contribution in [3.05, 3.63) is 23.3 Å². The van der Waals surface area contributed by atoms with Gasteiger partial charge in [-0.2, -0.15) is 0 Å². The van der Waals surface area contributed by atoms with E-state index in [-0.39, 0.29) is 11.5 Å². The van der Waals surface area contributed by atoms with Gasteiger partial charge in [0, 0.05) is 24.1 Å². The average molecular weight is 229 g/mol. The van der Waals surface area contributed by atoms with Gasteiger partial charge in [-0.1, -0.05) is 0 Å². The first-order valence-electron chi connectivity index (χ1n) is 5.15. The third-order valence-electron chi connectivity index (χ3n) is 2.24. The van der Waals surface area contributed by atoms with E-state index in [1.54, 1.807) is 6.20 Å². The maximum Gasteiger partial charge on any atom is 0.157 e. The minimum atomic E-state index is -0.0617. The minimum Gasteiger partial charge on any atom is -0.371 e. The van der Waals surface area contributed by atoms with Crippen LogP contribution in [0.3, 0.4) is 0 Å². The van der Waals surface area contributed by atoms with Gasteiger partial charge in [0.15, 0.2) is 5.82 Å². The summed E-state index contributed by atoms with van der Waals surface area (Å²) in [6.45, 7) is 8.43. The Kier molecular flexibility index (Phi) is 4.48. The van der Waals surface area contributed by atoms with Crippen LogP contribution in [0.1, 0.15) is 49.3 Å². The highest BCUT2D eigenvalue weighted by Crippen LogP contribution is 2.22. The highest BCUT2D eigenvalue weighted by molar-refractivity contribution is 6.20. The summed E-state index contributed by atoms with van der Waals surface area (Å²) >= 11 is 5.99. The fourth-order valence-corrected chi connectivity index (χ4v) is 1.62. The number of nitrogens with zero attached hydrogens (tertiary/aromatic N) is 2. The lowest BCUT2D eigenvalue weighted by Crippen LogP contribution is -2.07. The Balaban J connectivity index is 2.91. The first-order valence-corrected chi connectivity index (χ1v) is 5.59. The Morgan fingerprint density at radius 2 is 2.13 bits per heavy atom. The van der Waals surface area contributed by atoms with Gasteiger partial charge in [0.05, 0.1) is 5.38 Å². The highest BCUT2D eigenvalue weighted by Gasteiger charge is 2.12. The first-order chi connectivity index (χ1) is 7.06. The van der Waals surface area contributed by atoms with Crippen LogP contribution in [0.2, 0.25) is 0 Å². The number of rotatable bonds is 4. The van der Waals surface area contributed by atoms with E-state index in [0.29, 0.717) is 6.61 Å². The second-order valence-corrected chi connectivity index (χ2v) is 4.14. The van der Waals surface area contributed by atoms with Gasteiger partial charge in [0.1, 0.15) is 6.10 Å². The second-order valence-electron chi connectivity index (χ2n) is 3.48. The van der Waals surface area contributed by atoms with Crippen molar-refractivity contribution < 1.29 is 4.74 Å². The van der Waals surface area contributed by atoms with Crippen molar-refractivity contribution in [1.82, 2.24) is 9.97 Å². The molecule has 0 aliphatic heterocycles. The van der Waals surface area contributed by atoms with Crippen molar-refractivity contribution in [2.75, 3.05) is 6.61 Å². The molecule has 0 saturated heterocycles. The summed E-state index contributed by atoms with van der Waals surface area (Å²) < 4.78 is 5.43. The van der Waals surface area contributed by atoms with Crippen molar-refractivity contribution in [2.45, 2.75) is 39.2 Å². The third-order valence-corrected chi connectivity index (χ3v) is 2.48. The lowest BCUT2D eigenvalue weighted by molar-refractivity contribution is 0.0699. The Labute approximate surface area is 95.8 Å². The molecule has 3 nitrogen and oxygen atoms in total. The lowest BCUT2D eigenvalue weighted by Gasteiger charge is -2.13. The summed E-state index contributed by atoms with van der Waals surface area (Å²) in [7, 11) is 0. The topological polar surface area (TPSA) is 35.0 Å². The molecule has 2 atom stereocenters. The molecule has 0 amide bonds. The summed E-state index contributed by atoms with van der Waals surface area (Å²) in [6, 6.07) is 0. The molecule has 15 heavy (non-hydrogen) atoms. The van der Waals surface area contributed by atoms with Crippen molar-refractivity contribution in [2.24, 2.45) is 0 Å². The molecule has 0 saturated carbocycles. The summed E-state index contributed by atoms with van der Waals surface area (Å²) in [5.41, 5.74) is 1.90. The zero-order valence-electron chi connectivity index (χ0n) is 9.62. The fourth-order valence-electron chi connectivity index (χ4n) is 1.41. The van der Waals surface area contributed by atoms with E-state index in [1.807, 2.05) is 27.7 Å². The van der Waals surface area contributed by atoms with Crippen molar-refractivity contribution in [3.63, 3.8) is 0 Å². The normalized spacial score (nSPS) is 15.0. The van der Waals surface area contributed by atoms with Crippen LogP contribution in [0.5, 0.6) is 0 Å². The van der Waals surface area contributed by atoms with E-state index in [0.717, 1.165) is 17.1 Å². The third kappa shape index (κ3) is 3.14. The maximum atomic E-state index is 5.99. The van der Waals surface area contributed by atoms with Crippen LogP contribution in [0.4, 0.5) is 0 Å². The summed E-state index contributed by atoms with van der Waals surface area (Å²) in [5, 5.41) is -0.0542. The molecule has 0 radical (unpaired) electrons. The molecule has 0 N–H and O–H groups in total. The lowest BCUT2D eigenvalue weighted by atomic mass is 10.2. The Hall–Kier alpha value is -0.670. The monoisotopic (exact) mass is 228 g/mol. The largest absolute Gasteiger partial charge is 0.371 e. The van der Waals surface area contributed by atoms with Crippen LogP contribution in [0.15, 0.2) is 6.20 Å². The molecular formula is C11H17ClN2O. The molecule has 1 aromatic heterocycles. The van der Waals surface area contributed by atoms with Crippen LogP contribution in [0.25, 0.3) is 0 Å². The van der Waals surface area contributed by atoms with E-state index in [2.05, 4.69) is 9.97 Å². The van der Waals surface area contributed by atoms with Crippen LogP contribution in [0, 0.1) is 6.92 Å². The Bertz CT molecular complexity index is 328. The smallest absolute Gasteiger partial charge is 0.157 e. The fraction of sp³-hybridized carbons (Fsp3) is 0.636. The second kappa shape index (κ2) is 5.42. The Morgan fingerprint density at radius 1 is 1.47 bits per heavy atom. The zero-order valence-corrected chi connectivity index (χ0v) is 10.4. The molecule has 4 heteroatoms. The number of ether oxygens (including phenoxy) is 1. The van der Waals surface area contributed by atoms with Gasteiger partial charge in [-0.15, -0.1) is 11.6 Å². The molecule has 0 aliphatic carbocycles. The molecule has 0 bridgehead atoms. The molecule has 0 aliphatic rings. The number of hydrogen-bond acceptors (Lipinski definition) is 3. The highest BCUT2D eigenvalue weighted by atomic mass is 35.5. The molecule has 2 unspecified atom stereocenters. The number of hydrogen-bond donors (Lipinski definition) is 0. The van der Waals surface area contributed by atoms with Gasteiger partial charge in [0.25, 0.3) is 0 Å². The van der Waals surface area contributed by atoms with Crippen molar-refractivity contribution in [3.8, 4) is 0 Å². The van der Waals surface area contributed by atoms with Gasteiger partial charge in [-0.3, -0.25) is 0 Å². The summed E-state index contributed by atoms with van der Waals surface area (Å²) in [6.07, 6.45) is 1.72. The summed E-state index contributed by atoms with van der Waals surface area (Å²) in [5.74, 6) is 0.718. The number of aromatic nitrogens is 2. The van der Waals surface area contributed by atoms with Crippen LogP contribution in [-0.2, 0) is 4.74 Å². The Morgan fingerprint density at radius 3 is 2.60 bits per heavy atom. The molecule has 1 heterocycles. The van der Waals surface area contributed by atoms with E-state index < -0.39 is 0 Å². The standard InChI is InChI=1S/C11H17ClN2O/c1-5-15-9(4)11-13-6-10(7(2)12)8(3)14-11/h6-7,9H,5H2,1-4H3. The average Bonchev–Trinajstić information content (AvgIpc) is 2.17. The van der Waals surface area contributed by atoms with E-state index >= 15 is 0 Å².